The van der Waals surface area contributed by atoms with Crippen molar-refractivity contribution < 1.29 is 78.0 Å². The van der Waals surface area contributed by atoms with Crippen LogP contribution in [0, 0.1) is 17.8 Å². The van der Waals surface area contributed by atoms with Gasteiger partial charge in [0.2, 0.25) is 59.1 Å². The number of aliphatic hydroxyl groups is 1. The monoisotopic (exact) mass is 1040 g/mol. The van der Waals surface area contributed by atoms with Crippen LogP contribution in [0.3, 0.4) is 0 Å². The van der Waals surface area contributed by atoms with Crippen LogP contribution in [0.15, 0.2) is 24.3 Å². The van der Waals surface area contributed by atoms with Gasteiger partial charge in [0.15, 0.2) is 0 Å². The first-order chi connectivity index (χ1) is 34.0. The molecule has 0 fully saturated rings. The van der Waals surface area contributed by atoms with Crippen LogP contribution in [0.4, 0.5) is 0 Å². The first-order valence-corrected chi connectivity index (χ1v) is 23.6. The van der Waals surface area contributed by atoms with Gasteiger partial charge in [-0.3, -0.25) is 52.7 Å². The van der Waals surface area contributed by atoms with Crippen LogP contribution in [0.5, 0.6) is 5.75 Å². The second kappa shape index (κ2) is 31.1. The lowest BCUT2D eigenvalue weighted by Gasteiger charge is -2.30. The Kier molecular flexibility index (Phi) is 27.1. The lowest BCUT2D eigenvalue weighted by molar-refractivity contribution is -0.144. The van der Waals surface area contributed by atoms with Crippen LogP contribution in [0.2, 0.25) is 0 Å². The molecule has 0 heterocycles. The lowest BCUT2D eigenvalue weighted by atomic mass is 9.96. The molecule has 73 heavy (non-hydrogen) atoms. The third-order valence-electron chi connectivity index (χ3n) is 11.2. The second-order valence-corrected chi connectivity index (χ2v) is 18.4. The van der Waals surface area contributed by atoms with Gasteiger partial charge in [-0.25, -0.2) is 4.79 Å². The van der Waals surface area contributed by atoms with Gasteiger partial charge in [-0.05, 0) is 61.6 Å². The Morgan fingerprint density at radius 1 is 0.575 bits per heavy atom. The number of aliphatic hydroxyl groups excluding tert-OH is 1. The van der Waals surface area contributed by atoms with Crippen LogP contribution < -0.4 is 59.7 Å². The number of amides is 10. The largest absolute Gasteiger partial charge is 0.508 e. The van der Waals surface area contributed by atoms with Crippen molar-refractivity contribution in [1.82, 2.24) is 42.5 Å². The number of carboxylic acid groups (broad SMARTS) is 2. The number of aromatic hydroxyl groups is 1. The highest BCUT2D eigenvalue weighted by Crippen LogP contribution is 2.15. The molecule has 27 nitrogen and oxygen atoms in total. The number of benzene rings is 1. The van der Waals surface area contributed by atoms with E-state index in [9.17, 15) is 78.0 Å². The molecule has 0 unspecified atom stereocenters. The minimum absolute atomic E-state index is 0.0278. The molecule has 0 bridgehead atoms. The van der Waals surface area contributed by atoms with E-state index in [1.807, 2.05) is 0 Å². The van der Waals surface area contributed by atoms with E-state index in [1.165, 1.54) is 45.0 Å². The Morgan fingerprint density at radius 3 is 1.58 bits per heavy atom. The van der Waals surface area contributed by atoms with E-state index in [-0.39, 0.29) is 30.9 Å². The summed E-state index contributed by atoms with van der Waals surface area (Å²) >= 11 is 0. The fourth-order valence-electron chi connectivity index (χ4n) is 6.90. The normalized spacial score (nSPS) is 15.2. The van der Waals surface area contributed by atoms with Crippen molar-refractivity contribution in [3.8, 4) is 5.75 Å². The Balaban J connectivity index is 3.41. The first-order valence-electron chi connectivity index (χ1n) is 23.6. The van der Waals surface area contributed by atoms with Crippen LogP contribution in [-0.2, 0) is 64.0 Å². The molecule has 0 aromatic heterocycles. The molecule has 0 saturated carbocycles. The summed E-state index contributed by atoms with van der Waals surface area (Å²) in [5, 5.41) is 58.3. The van der Waals surface area contributed by atoms with E-state index in [0.29, 0.717) is 5.56 Å². The third kappa shape index (κ3) is 23.6. The topological polar surface area (TPSA) is 460 Å². The van der Waals surface area contributed by atoms with Crippen LogP contribution in [-0.4, -0.2) is 152 Å². The number of phenolic OH excluding ortho intramolecular Hbond substituents is 1. The highest BCUT2D eigenvalue weighted by atomic mass is 16.4. The van der Waals surface area contributed by atoms with E-state index < -0.39 is 176 Å². The summed E-state index contributed by atoms with van der Waals surface area (Å²) in [6.07, 6.45) is -4.17. The predicted octanol–water partition coefficient (Wildman–Crippen LogP) is -4.01. The van der Waals surface area contributed by atoms with Crippen molar-refractivity contribution >= 4 is 71.0 Å². The summed E-state index contributed by atoms with van der Waals surface area (Å²) in [6.45, 7) is 10.0. The van der Waals surface area contributed by atoms with Crippen LogP contribution >= 0.6 is 0 Å². The quantitative estimate of drug-likeness (QED) is 0.0319. The molecule has 18 N–H and O–H groups in total. The van der Waals surface area contributed by atoms with Crippen molar-refractivity contribution in [2.24, 2.45) is 35.0 Å². The van der Waals surface area contributed by atoms with E-state index in [4.69, 9.17) is 17.2 Å². The number of hydrogen-bond donors (Lipinski definition) is 15. The maximum Gasteiger partial charge on any atom is 0.326 e. The van der Waals surface area contributed by atoms with Gasteiger partial charge in [-0.2, -0.15) is 0 Å². The number of nitrogens with one attached hydrogen (secondary N) is 8. The number of primary amides is 2. The van der Waals surface area contributed by atoms with Crippen molar-refractivity contribution in [3.05, 3.63) is 29.8 Å². The molecule has 10 amide bonds. The molecule has 0 aliphatic heterocycles. The second-order valence-electron chi connectivity index (χ2n) is 18.4. The lowest BCUT2D eigenvalue weighted by Crippen LogP contribution is -2.62. The summed E-state index contributed by atoms with van der Waals surface area (Å²) in [6, 6.07) is -6.52. The van der Waals surface area contributed by atoms with Crippen molar-refractivity contribution in [1.29, 1.82) is 0 Å². The maximum atomic E-state index is 14.0. The molecular weight excluding hydrogens is 963 g/mol. The standard InChI is InChI=1S/C46H73N11O16/c1-8-23(6)37(44(70)57-38(24(7)58)45(71)55-36(22(4)5)46(72)73)56-41(67)29(13-15-32(48)60)51-34(62)20-50-40(66)28(14-16-35(63)64)52-43(69)31(18-25-9-11-26(59)12-10-25)54-42(68)30(17-21(2)3)53-39(65)27(47)19-33(49)61/h9-12,21-24,27-31,36-38,58-59H,8,13-20,47H2,1-7H3,(H2,48,60)(H2,49,61)(H,50,66)(H,51,62)(H,52,69)(H,53,65)(H,54,68)(H,55,71)(H,56,67)(H,57,70)(H,63,64)(H,72,73)/t23-,24+,27-,28-,29-,30-,31-,36-,37-,38-/m0/s1. The Bertz CT molecular complexity index is 2120. The Hall–Kier alpha value is -7.42. The molecule has 0 aliphatic carbocycles. The molecule has 1 aromatic rings. The molecule has 0 saturated heterocycles. The summed E-state index contributed by atoms with van der Waals surface area (Å²) in [4.78, 5) is 155. The van der Waals surface area contributed by atoms with Gasteiger partial charge in [-0.1, -0.05) is 60.1 Å². The average molecular weight is 1040 g/mol. The van der Waals surface area contributed by atoms with Crippen molar-refractivity contribution in [2.75, 3.05) is 6.54 Å². The van der Waals surface area contributed by atoms with E-state index in [1.54, 1.807) is 27.7 Å². The summed E-state index contributed by atoms with van der Waals surface area (Å²) in [5.74, 6) is -14.1. The summed E-state index contributed by atoms with van der Waals surface area (Å²) < 4.78 is 0. The average Bonchev–Trinajstić information content (AvgIpc) is 3.29. The molecule has 408 valence electrons. The van der Waals surface area contributed by atoms with Gasteiger partial charge >= 0.3 is 11.9 Å². The Labute approximate surface area is 422 Å². The van der Waals surface area contributed by atoms with Gasteiger partial charge in [0.05, 0.1) is 25.1 Å². The zero-order valence-corrected chi connectivity index (χ0v) is 42.0. The van der Waals surface area contributed by atoms with Gasteiger partial charge in [-0.15, -0.1) is 0 Å². The highest BCUT2D eigenvalue weighted by Gasteiger charge is 2.37. The third-order valence-corrected chi connectivity index (χ3v) is 11.2. The number of rotatable bonds is 33. The fraction of sp³-hybridized carbons (Fsp3) is 0.609. The number of carbonyl (C=O) groups is 12. The zero-order chi connectivity index (χ0) is 55.9. The number of nitrogens with two attached hydrogens (primary N) is 3. The number of hydrogen-bond acceptors (Lipinski definition) is 15. The zero-order valence-electron chi connectivity index (χ0n) is 42.0. The molecular formula is C46H73N11O16. The van der Waals surface area contributed by atoms with Crippen molar-refractivity contribution in [3.63, 3.8) is 0 Å². The van der Waals surface area contributed by atoms with E-state index in [0.717, 1.165) is 0 Å². The predicted molar refractivity (Wildman–Crippen MR) is 258 cm³/mol. The number of aliphatic carboxylic acids is 2. The first kappa shape index (κ1) is 63.6. The van der Waals surface area contributed by atoms with E-state index >= 15 is 0 Å². The number of carboxylic acids is 2. The SMILES string of the molecule is CC[C@H](C)[C@H](NC(=O)[C@H](CCC(N)=O)NC(=O)CNC(=O)[C@H](CCC(=O)O)NC(=O)[C@H](Cc1ccc(O)cc1)NC(=O)[C@H](CC(C)C)NC(=O)[C@@H](N)CC(N)=O)C(=O)N[C@H](C(=O)N[C@H](C(=O)O)C(C)C)[C@@H](C)O. The highest BCUT2D eigenvalue weighted by molar-refractivity contribution is 5.98. The molecule has 0 spiro atoms. The smallest absolute Gasteiger partial charge is 0.326 e. The van der Waals surface area contributed by atoms with Gasteiger partial charge in [0.1, 0.15) is 48.0 Å². The van der Waals surface area contributed by atoms with E-state index in [2.05, 4.69) is 42.5 Å². The molecule has 1 aromatic carbocycles. The molecule has 10 atom stereocenters. The molecule has 0 aliphatic rings. The molecule has 1 rings (SSSR count). The van der Waals surface area contributed by atoms with Crippen LogP contribution in [0.1, 0.15) is 99.0 Å². The summed E-state index contributed by atoms with van der Waals surface area (Å²) in [7, 11) is 0. The minimum atomic E-state index is -1.68. The van der Waals surface area contributed by atoms with Gasteiger partial charge in [0, 0.05) is 19.3 Å². The fourth-order valence-corrected chi connectivity index (χ4v) is 6.90. The van der Waals surface area contributed by atoms with Gasteiger partial charge in [0.25, 0.3) is 0 Å². The summed E-state index contributed by atoms with van der Waals surface area (Å²) in [5.41, 5.74) is 16.7. The molecule has 27 heteroatoms. The van der Waals surface area contributed by atoms with Crippen molar-refractivity contribution in [2.45, 2.75) is 154 Å². The number of carbonyl (C=O) groups excluding carboxylic acids is 10. The van der Waals surface area contributed by atoms with Crippen LogP contribution in [0.25, 0.3) is 0 Å². The number of phenols is 1. The minimum Gasteiger partial charge on any atom is -0.508 e. The Morgan fingerprint density at radius 2 is 1.07 bits per heavy atom. The van der Waals surface area contributed by atoms with Gasteiger partial charge < -0.3 is 80.2 Å². The maximum absolute atomic E-state index is 14.0. The molecule has 0 radical (unpaired) electrons.